The number of rotatable bonds is 8. The summed E-state index contributed by atoms with van der Waals surface area (Å²) in [5, 5.41) is 3.45. The summed E-state index contributed by atoms with van der Waals surface area (Å²) >= 11 is 0. The first-order valence-corrected chi connectivity index (χ1v) is 10.7. The van der Waals surface area contributed by atoms with E-state index in [0.717, 1.165) is 54.6 Å². The number of nitrogens with zero attached hydrogens (tertiary/aromatic N) is 1. The minimum absolute atomic E-state index is 0.0790. The van der Waals surface area contributed by atoms with Gasteiger partial charge in [0.15, 0.2) is 0 Å². The lowest BCUT2D eigenvalue weighted by molar-refractivity contribution is 0.195. The van der Waals surface area contributed by atoms with Gasteiger partial charge in [-0.05, 0) is 41.5 Å². The zero-order valence-corrected chi connectivity index (χ0v) is 18.2. The molecule has 3 aromatic carbocycles. The van der Waals surface area contributed by atoms with Crippen LogP contribution in [0.3, 0.4) is 0 Å². The van der Waals surface area contributed by atoms with Crippen molar-refractivity contribution in [1.82, 2.24) is 10.2 Å². The van der Waals surface area contributed by atoms with Crippen molar-refractivity contribution >= 4 is 0 Å². The van der Waals surface area contributed by atoms with Crippen LogP contribution in [0.5, 0.6) is 17.2 Å². The number of methoxy groups -OCH3 is 2. The third kappa shape index (κ3) is 5.19. The fourth-order valence-electron chi connectivity index (χ4n) is 4.07. The number of nitrogens with one attached hydrogen (secondary N) is 1. The zero-order chi connectivity index (χ0) is 21.5. The van der Waals surface area contributed by atoms with Crippen LogP contribution in [0.25, 0.3) is 0 Å². The number of hydrogen-bond donors (Lipinski definition) is 1. The van der Waals surface area contributed by atoms with Gasteiger partial charge in [0.2, 0.25) is 0 Å². The summed E-state index contributed by atoms with van der Waals surface area (Å²) in [6.07, 6.45) is 0. The summed E-state index contributed by atoms with van der Waals surface area (Å²) < 4.78 is 17.2. The van der Waals surface area contributed by atoms with Crippen LogP contribution in [0.15, 0.2) is 72.8 Å². The molecule has 1 saturated heterocycles. The Kier molecular flexibility index (Phi) is 7.07. The lowest BCUT2D eigenvalue weighted by atomic mass is 9.95. The molecular weight excluding hydrogens is 388 g/mol. The smallest absolute Gasteiger partial charge is 0.124 e. The maximum Gasteiger partial charge on any atom is 0.124 e. The van der Waals surface area contributed by atoms with Gasteiger partial charge in [0.25, 0.3) is 0 Å². The zero-order valence-electron chi connectivity index (χ0n) is 18.2. The number of hydrogen-bond acceptors (Lipinski definition) is 5. The standard InChI is InChI=1S/C26H30N2O3/c1-29-23-12-13-25(30-2)24(18-23)26(28-16-14-27-15-17-28)21-8-10-22(11-9-21)31-19-20-6-4-3-5-7-20/h3-13,18,26-27H,14-17,19H2,1-2H3. The van der Waals surface area contributed by atoms with Gasteiger partial charge in [-0.2, -0.15) is 0 Å². The van der Waals surface area contributed by atoms with Crippen molar-refractivity contribution in [2.75, 3.05) is 40.4 Å². The molecule has 1 aliphatic heterocycles. The molecular formula is C26H30N2O3. The average Bonchev–Trinajstić information content (AvgIpc) is 2.85. The van der Waals surface area contributed by atoms with Crippen molar-refractivity contribution in [2.24, 2.45) is 0 Å². The van der Waals surface area contributed by atoms with Crippen LogP contribution in [0.2, 0.25) is 0 Å². The van der Waals surface area contributed by atoms with E-state index in [4.69, 9.17) is 14.2 Å². The van der Waals surface area contributed by atoms with Crippen LogP contribution in [0.4, 0.5) is 0 Å². The number of piperazine rings is 1. The second-order valence-corrected chi connectivity index (χ2v) is 7.64. The first-order chi connectivity index (χ1) is 15.3. The molecule has 1 aliphatic rings. The molecule has 1 unspecified atom stereocenters. The maximum absolute atomic E-state index is 5.99. The lowest BCUT2D eigenvalue weighted by Gasteiger charge is -2.36. The topological polar surface area (TPSA) is 43.0 Å². The van der Waals surface area contributed by atoms with Crippen molar-refractivity contribution in [1.29, 1.82) is 0 Å². The van der Waals surface area contributed by atoms with E-state index in [2.05, 4.69) is 52.7 Å². The molecule has 3 aromatic rings. The van der Waals surface area contributed by atoms with Crippen LogP contribution in [0, 0.1) is 0 Å². The minimum Gasteiger partial charge on any atom is -0.497 e. The molecule has 1 atom stereocenters. The van der Waals surface area contributed by atoms with E-state index < -0.39 is 0 Å². The van der Waals surface area contributed by atoms with Gasteiger partial charge in [0.1, 0.15) is 23.9 Å². The van der Waals surface area contributed by atoms with Crippen molar-refractivity contribution in [3.63, 3.8) is 0 Å². The number of ether oxygens (including phenoxy) is 3. The van der Waals surface area contributed by atoms with E-state index in [1.165, 1.54) is 5.56 Å². The Bertz CT molecular complexity index is 954. The van der Waals surface area contributed by atoms with Crippen molar-refractivity contribution < 1.29 is 14.2 Å². The predicted octanol–water partition coefficient (Wildman–Crippen LogP) is 4.28. The highest BCUT2D eigenvalue weighted by atomic mass is 16.5. The molecule has 0 amide bonds. The van der Waals surface area contributed by atoms with Crippen molar-refractivity contribution in [3.8, 4) is 17.2 Å². The Morgan fingerprint density at radius 1 is 0.839 bits per heavy atom. The largest absolute Gasteiger partial charge is 0.497 e. The van der Waals surface area contributed by atoms with Gasteiger partial charge in [-0.25, -0.2) is 0 Å². The van der Waals surface area contributed by atoms with Gasteiger partial charge in [-0.3, -0.25) is 4.90 Å². The molecule has 5 nitrogen and oxygen atoms in total. The molecule has 1 fully saturated rings. The summed E-state index contributed by atoms with van der Waals surface area (Å²) in [6, 6.07) is 24.7. The Hall–Kier alpha value is -3.02. The van der Waals surface area contributed by atoms with Crippen LogP contribution in [0.1, 0.15) is 22.7 Å². The third-order valence-corrected chi connectivity index (χ3v) is 5.69. The monoisotopic (exact) mass is 418 g/mol. The van der Waals surface area contributed by atoms with Crippen LogP contribution >= 0.6 is 0 Å². The lowest BCUT2D eigenvalue weighted by Crippen LogP contribution is -2.45. The third-order valence-electron chi connectivity index (χ3n) is 5.69. The van der Waals surface area contributed by atoms with Gasteiger partial charge in [-0.15, -0.1) is 0 Å². The van der Waals surface area contributed by atoms with Crippen LogP contribution < -0.4 is 19.5 Å². The van der Waals surface area contributed by atoms with E-state index in [9.17, 15) is 0 Å². The first-order valence-electron chi connectivity index (χ1n) is 10.7. The van der Waals surface area contributed by atoms with Crippen LogP contribution in [-0.2, 0) is 6.61 Å². The normalized spacial score (nSPS) is 15.3. The molecule has 1 heterocycles. The quantitative estimate of drug-likeness (QED) is 0.592. The molecule has 0 saturated carbocycles. The van der Waals surface area contributed by atoms with Gasteiger partial charge in [-0.1, -0.05) is 42.5 Å². The fourth-order valence-corrected chi connectivity index (χ4v) is 4.07. The number of benzene rings is 3. The van der Waals surface area contributed by atoms with E-state index in [-0.39, 0.29) is 6.04 Å². The summed E-state index contributed by atoms with van der Waals surface area (Å²) in [7, 11) is 3.42. The molecule has 1 N–H and O–H groups in total. The summed E-state index contributed by atoms with van der Waals surface area (Å²) in [4.78, 5) is 2.49. The molecule has 4 rings (SSSR count). The maximum atomic E-state index is 5.99. The Morgan fingerprint density at radius 2 is 1.55 bits per heavy atom. The molecule has 0 spiro atoms. The van der Waals surface area contributed by atoms with E-state index in [1.54, 1.807) is 14.2 Å². The average molecular weight is 419 g/mol. The molecule has 5 heteroatoms. The van der Waals surface area contributed by atoms with Gasteiger partial charge >= 0.3 is 0 Å². The Morgan fingerprint density at radius 3 is 2.23 bits per heavy atom. The van der Waals surface area contributed by atoms with Gasteiger partial charge in [0.05, 0.1) is 20.3 Å². The highest BCUT2D eigenvalue weighted by Crippen LogP contribution is 2.37. The Labute approximate surface area is 184 Å². The summed E-state index contributed by atoms with van der Waals surface area (Å²) in [5.74, 6) is 2.57. The fraction of sp³-hybridized carbons (Fsp3) is 0.308. The molecule has 0 radical (unpaired) electrons. The van der Waals surface area contributed by atoms with Gasteiger partial charge in [0, 0.05) is 31.7 Å². The first kappa shape index (κ1) is 21.2. The molecule has 0 aliphatic carbocycles. The SMILES string of the molecule is COc1ccc(OC)c(C(c2ccc(OCc3ccccc3)cc2)N2CCNCC2)c1. The molecule has 0 bridgehead atoms. The summed E-state index contributed by atoms with van der Waals surface area (Å²) in [5.41, 5.74) is 3.48. The Balaban J connectivity index is 1.61. The van der Waals surface area contributed by atoms with E-state index >= 15 is 0 Å². The molecule has 162 valence electrons. The van der Waals surface area contributed by atoms with Gasteiger partial charge < -0.3 is 19.5 Å². The highest BCUT2D eigenvalue weighted by molar-refractivity contribution is 5.47. The van der Waals surface area contributed by atoms with E-state index in [1.807, 2.05) is 30.3 Å². The van der Waals surface area contributed by atoms with Crippen molar-refractivity contribution in [2.45, 2.75) is 12.6 Å². The highest BCUT2D eigenvalue weighted by Gasteiger charge is 2.27. The predicted molar refractivity (Wildman–Crippen MR) is 123 cm³/mol. The van der Waals surface area contributed by atoms with E-state index in [0.29, 0.717) is 6.61 Å². The van der Waals surface area contributed by atoms with Crippen LogP contribution in [-0.4, -0.2) is 45.3 Å². The van der Waals surface area contributed by atoms with Crippen molar-refractivity contribution in [3.05, 3.63) is 89.5 Å². The molecule has 0 aromatic heterocycles. The second-order valence-electron chi connectivity index (χ2n) is 7.64. The molecule has 31 heavy (non-hydrogen) atoms. The second kappa shape index (κ2) is 10.3. The summed E-state index contributed by atoms with van der Waals surface area (Å²) in [6.45, 7) is 4.45. The minimum atomic E-state index is 0.0790.